The van der Waals surface area contributed by atoms with Crippen molar-refractivity contribution in [2.75, 3.05) is 51.8 Å². The van der Waals surface area contributed by atoms with Crippen LogP contribution in [-0.2, 0) is 0 Å². The van der Waals surface area contributed by atoms with Crippen LogP contribution in [0.1, 0.15) is 5.76 Å². The molecule has 24 heavy (non-hydrogen) atoms. The second-order valence-corrected chi connectivity index (χ2v) is 5.46. The van der Waals surface area contributed by atoms with Gasteiger partial charge in [0, 0.05) is 38.8 Å². The zero-order chi connectivity index (χ0) is 16.8. The summed E-state index contributed by atoms with van der Waals surface area (Å²) in [5, 5.41) is 0. The fourth-order valence-electron chi connectivity index (χ4n) is 2.61. The van der Waals surface area contributed by atoms with Crippen LogP contribution in [0.3, 0.4) is 0 Å². The number of rotatable bonds is 6. The first-order chi connectivity index (χ1) is 11.8. The molecule has 3 rings (SSSR count). The summed E-state index contributed by atoms with van der Waals surface area (Å²) in [6.45, 7) is 4.65. The smallest absolute Gasteiger partial charge is 0.321 e. The Morgan fingerprint density at radius 1 is 1.17 bits per heavy atom. The fraction of sp³-hybridized carbons (Fsp3) is 0.412. The van der Waals surface area contributed by atoms with E-state index in [-0.39, 0.29) is 0 Å². The van der Waals surface area contributed by atoms with Crippen molar-refractivity contribution in [3.63, 3.8) is 0 Å². The Kier molecular flexibility index (Phi) is 5.32. The van der Waals surface area contributed by atoms with Crippen LogP contribution in [-0.4, -0.2) is 61.8 Å². The van der Waals surface area contributed by atoms with Crippen molar-refractivity contribution in [3.05, 3.63) is 36.3 Å². The van der Waals surface area contributed by atoms with Crippen molar-refractivity contribution in [2.24, 2.45) is 0 Å². The topological polar surface area (TPSA) is 63.9 Å². The van der Waals surface area contributed by atoms with Gasteiger partial charge in [0.2, 0.25) is 5.88 Å². The second-order valence-electron chi connectivity index (χ2n) is 5.46. The molecule has 7 heteroatoms. The van der Waals surface area contributed by atoms with E-state index >= 15 is 0 Å². The van der Waals surface area contributed by atoms with Gasteiger partial charge in [-0.3, -0.25) is 4.90 Å². The first-order valence-electron chi connectivity index (χ1n) is 7.93. The summed E-state index contributed by atoms with van der Waals surface area (Å²) in [5.74, 6) is 2.24. The van der Waals surface area contributed by atoms with E-state index in [2.05, 4.69) is 25.8 Å². The lowest BCUT2D eigenvalue weighted by molar-refractivity contribution is 0.282. The number of anilines is 1. The van der Waals surface area contributed by atoms with E-state index in [1.54, 1.807) is 20.5 Å². The molecule has 0 amide bonds. The standard InChI is InChI=1S/C17H22N4O3/c1-22-16-13-15(18-17(19-16)23-2)21-10-8-20(9-11-21)7-3-5-14-6-4-12-24-14/h3-6,12-13H,7-11H2,1-2H3. The van der Waals surface area contributed by atoms with Crippen LogP contribution >= 0.6 is 0 Å². The molecule has 2 aromatic rings. The van der Waals surface area contributed by atoms with Gasteiger partial charge >= 0.3 is 6.01 Å². The summed E-state index contributed by atoms with van der Waals surface area (Å²) >= 11 is 0. The molecular formula is C17H22N4O3. The van der Waals surface area contributed by atoms with Crippen LogP contribution < -0.4 is 14.4 Å². The van der Waals surface area contributed by atoms with Crippen LogP contribution in [0.2, 0.25) is 0 Å². The second kappa shape index (κ2) is 7.83. The first-order valence-corrected chi connectivity index (χ1v) is 7.93. The molecule has 0 spiro atoms. The molecule has 0 aliphatic carbocycles. The lowest BCUT2D eigenvalue weighted by atomic mass is 10.3. The maximum Gasteiger partial charge on any atom is 0.321 e. The minimum absolute atomic E-state index is 0.327. The van der Waals surface area contributed by atoms with Gasteiger partial charge in [-0.25, -0.2) is 0 Å². The van der Waals surface area contributed by atoms with Crippen LogP contribution in [0.5, 0.6) is 11.9 Å². The van der Waals surface area contributed by atoms with Crippen molar-refractivity contribution in [1.29, 1.82) is 0 Å². The zero-order valence-electron chi connectivity index (χ0n) is 14.0. The molecular weight excluding hydrogens is 308 g/mol. The molecule has 1 saturated heterocycles. The summed E-state index contributed by atoms with van der Waals surface area (Å²) in [6.07, 6.45) is 5.82. The van der Waals surface area contributed by atoms with E-state index < -0.39 is 0 Å². The molecule has 3 heterocycles. The SMILES string of the molecule is COc1cc(N2CCN(CC=Cc3ccco3)CC2)nc(OC)n1. The normalized spacial score (nSPS) is 15.8. The monoisotopic (exact) mass is 330 g/mol. The van der Waals surface area contributed by atoms with Gasteiger partial charge in [-0.2, -0.15) is 9.97 Å². The van der Waals surface area contributed by atoms with Gasteiger partial charge < -0.3 is 18.8 Å². The molecule has 1 aliphatic heterocycles. The van der Waals surface area contributed by atoms with Gasteiger partial charge in [0.1, 0.15) is 11.6 Å². The highest BCUT2D eigenvalue weighted by atomic mass is 16.5. The van der Waals surface area contributed by atoms with Crippen LogP contribution in [0.25, 0.3) is 6.08 Å². The van der Waals surface area contributed by atoms with Crippen molar-refractivity contribution in [3.8, 4) is 11.9 Å². The lowest BCUT2D eigenvalue weighted by Gasteiger charge is -2.34. The number of piperazine rings is 1. The maximum atomic E-state index is 5.29. The number of nitrogens with zero attached hydrogens (tertiary/aromatic N) is 4. The number of ether oxygens (including phenoxy) is 2. The highest BCUT2D eigenvalue weighted by molar-refractivity contribution is 5.44. The van der Waals surface area contributed by atoms with Crippen molar-refractivity contribution in [2.45, 2.75) is 0 Å². The third kappa shape index (κ3) is 4.05. The Morgan fingerprint density at radius 3 is 2.67 bits per heavy atom. The molecule has 0 N–H and O–H groups in total. The molecule has 0 radical (unpaired) electrons. The van der Waals surface area contributed by atoms with Gasteiger partial charge in [-0.15, -0.1) is 0 Å². The van der Waals surface area contributed by atoms with Gasteiger partial charge in [-0.1, -0.05) is 6.08 Å². The van der Waals surface area contributed by atoms with Crippen LogP contribution in [0.15, 0.2) is 35.0 Å². The average molecular weight is 330 g/mol. The predicted octanol–water partition coefficient (Wildman–Crippen LogP) is 1.92. The molecule has 2 aromatic heterocycles. The molecule has 0 unspecified atom stereocenters. The van der Waals surface area contributed by atoms with E-state index in [1.807, 2.05) is 24.3 Å². The van der Waals surface area contributed by atoms with Crippen molar-refractivity contribution >= 4 is 11.9 Å². The Morgan fingerprint density at radius 2 is 2.00 bits per heavy atom. The minimum Gasteiger partial charge on any atom is -0.481 e. The fourth-order valence-corrected chi connectivity index (χ4v) is 2.61. The van der Waals surface area contributed by atoms with Crippen LogP contribution in [0, 0.1) is 0 Å². The zero-order valence-corrected chi connectivity index (χ0v) is 14.0. The Balaban J connectivity index is 1.55. The molecule has 128 valence electrons. The van der Waals surface area contributed by atoms with Crippen LogP contribution in [0.4, 0.5) is 5.82 Å². The molecule has 0 bridgehead atoms. The van der Waals surface area contributed by atoms with E-state index in [4.69, 9.17) is 13.9 Å². The summed E-state index contributed by atoms with van der Waals surface area (Å²) in [5.41, 5.74) is 0. The highest BCUT2D eigenvalue weighted by Crippen LogP contribution is 2.21. The van der Waals surface area contributed by atoms with E-state index in [0.717, 1.165) is 44.3 Å². The molecule has 0 aromatic carbocycles. The number of aromatic nitrogens is 2. The summed E-state index contributed by atoms with van der Waals surface area (Å²) < 4.78 is 15.6. The average Bonchev–Trinajstić information content (AvgIpc) is 3.15. The summed E-state index contributed by atoms with van der Waals surface area (Å²) in [4.78, 5) is 13.2. The molecule has 1 fully saturated rings. The van der Waals surface area contributed by atoms with E-state index in [0.29, 0.717) is 11.9 Å². The Labute approximate surface area is 141 Å². The minimum atomic E-state index is 0.327. The van der Waals surface area contributed by atoms with E-state index in [1.165, 1.54) is 0 Å². The third-order valence-corrected chi connectivity index (χ3v) is 3.95. The summed E-state index contributed by atoms with van der Waals surface area (Å²) in [6, 6.07) is 6.01. The van der Waals surface area contributed by atoms with Gasteiger partial charge in [0.25, 0.3) is 0 Å². The Hall–Kier alpha value is -2.54. The van der Waals surface area contributed by atoms with Crippen molar-refractivity contribution < 1.29 is 13.9 Å². The number of hydrogen-bond donors (Lipinski definition) is 0. The van der Waals surface area contributed by atoms with Gasteiger partial charge in [-0.05, 0) is 18.2 Å². The molecule has 1 aliphatic rings. The molecule has 0 saturated carbocycles. The lowest BCUT2D eigenvalue weighted by Crippen LogP contribution is -2.46. The molecule has 7 nitrogen and oxygen atoms in total. The number of furan rings is 1. The van der Waals surface area contributed by atoms with E-state index in [9.17, 15) is 0 Å². The maximum absolute atomic E-state index is 5.29. The number of hydrogen-bond acceptors (Lipinski definition) is 7. The Bertz CT molecular complexity index is 642. The van der Waals surface area contributed by atoms with Gasteiger partial charge in [0.15, 0.2) is 0 Å². The number of methoxy groups -OCH3 is 2. The largest absolute Gasteiger partial charge is 0.481 e. The third-order valence-electron chi connectivity index (χ3n) is 3.95. The van der Waals surface area contributed by atoms with Gasteiger partial charge in [0.05, 0.1) is 20.5 Å². The summed E-state index contributed by atoms with van der Waals surface area (Å²) in [7, 11) is 3.15. The quantitative estimate of drug-likeness (QED) is 0.802. The predicted molar refractivity (Wildman–Crippen MR) is 91.5 cm³/mol. The molecule has 0 atom stereocenters. The van der Waals surface area contributed by atoms with Crippen molar-refractivity contribution in [1.82, 2.24) is 14.9 Å². The highest BCUT2D eigenvalue weighted by Gasteiger charge is 2.19. The first kappa shape index (κ1) is 16.3.